The lowest BCUT2D eigenvalue weighted by atomic mass is 10.1. The molecule has 0 aliphatic carbocycles. The van der Waals surface area contributed by atoms with E-state index in [1.54, 1.807) is 4.90 Å². The quantitative estimate of drug-likeness (QED) is 0.442. The number of amides is 2. The number of rotatable bonds is 9. The van der Waals surface area contributed by atoms with Gasteiger partial charge in [0.25, 0.3) is 5.91 Å². The van der Waals surface area contributed by atoms with Crippen LogP contribution in [-0.2, 0) is 16.1 Å². The van der Waals surface area contributed by atoms with Crippen molar-refractivity contribution in [2.75, 3.05) is 19.7 Å². The van der Waals surface area contributed by atoms with E-state index < -0.39 is 0 Å². The average molecular weight is 467 g/mol. The number of nitrogens with zero attached hydrogens (tertiary/aromatic N) is 2. The van der Waals surface area contributed by atoms with Gasteiger partial charge in [-0.15, -0.1) is 0 Å². The monoisotopic (exact) mass is 466 g/mol. The maximum absolute atomic E-state index is 12.9. The molecule has 2 aromatic carbocycles. The first-order valence-electron chi connectivity index (χ1n) is 10.4. The second-order valence-electron chi connectivity index (χ2n) is 7.36. The number of hydrogen-bond acceptors (Lipinski definition) is 5. The molecule has 0 saturated carbocycles. The molecule has 1 fully saturated rings. The molecule has 2 amide bonds. The van der Waals surface area contributed by atoms with Gasteiger partial charge in [0.05, 0.1) is 11.5 Å². The van der Waals surface area contributed by atoms with Gasteiger partial charge in [0.2, 0.25) is 5.91 Å². The number of carbonyl (C=O) groups is 2. The van der Waals surface area contributed by atoms with Gasteiger partial charge in [0.1, 0.15) is 4.32 Å². The summed E-state index contributed by atoms with van der Waals surface area (Å²) in [6, 6.07) is 19.5. The molecule has 32 heavy (non-hydrogen) atoms. The summed E-state index contributed by atoms with van der Waals surface area (Å²) < 4.78 is 0.460. The number of aliphatic hydroxyl groups excluding tert-OH is 1. The van der Waals surface area contributed by atoms with Crippen molar-refractivity contribution in [2.45, 2.75) is 19.9 Å². The van der Waals surface area contributed by atoms with E-state index in [0.717, 1.165) is 16.7 Å². The Balaban J connectivity index is 1.63. The molecule has 3 rings (SSSR count). The lowest BCUT2D eigenvalue weighted by molar-refractivity contribution is -0.132. The molecule has 0 unspecified atom stereocenters. The first-order chi connectivity index (χ1) is 15.5. The Kier molecular flexibility index (Phi) is 8.79. The lowest BCUT2D eigenvalue weighted by Crippen LogP contribution is -2.37. The van der Waals surface area contributed by atoms with Gasteiger partial charge in [0, 0.05) is 26.1 Å². The van der Waals surface area contributed by atoms with Crippen molar-refractivity contribution in [1.29, 1.82) is 0 Å². The van der Waals surface area contributed by atoms with Gasteiger partial charge in [-0.25, -0.2) is 0 Å². The van der Waals surface area contributed by atoms with E-state index in [2.05, 4.69) is 0 Å². The number of aliphatic hydroxyl groups is 1. The Labute approximate surface area is 198 Å². The Morgan fingerprint density at radius 2 is 1.78 bits per heavy atom. The molecule has 1 saturated heterocycles. The molecule has 1 aliphatic rings. The van der Waals surface area contributed by atoms with Crippen molar-refractivity contribution >= 4 is 46.2 Å². The van der Waals surface area contributed by atoms with Crippen LogP contribution in [0.15, 0.2) is 77.2 Å². The molecule has 0 spiro atoms. The highest BCUT2D eigenvalue weighted by molar-refractivity contribution is 8.26. The second kappa shape index (κ2) is 11.8. The minimum atomic E-state index is -0.167. The zero-order chi connectivity index (χ0) is 22.9. The molecule has 1 aliphatic heterocycles. The lowest BCUT2D eigenvalue weighted by Gasteiger charge is -2.23. The summed E-state index contributed by atoms with van der Waals surface area (Å²) in [5.41, 5.74) is 2.88. The second-order valence-corrected chi connectivity index (χ2v) is 9.00. The highest BCUT2D eigenvalue weighted by Gasteiger charge is 2.33. The van der Waals surface area contributed by atoms with Crippen LogP contribution < -0.4 is 0 Å². The van der Waals surface area contributed by atoms with Crippen LogP contribution in [0.3, 0.4) is 0 Å². The van der Waals surface area contributed by atoms with E-state index in [0.29, 0.717) is 15.8 Å². The third-order valence-corrected chi connectivity index (χ3v) is 6.59. The summed E-state index contributed by atoms with van der Waals surface area (Å²) in [7, 11) is 0. The number of thioether (sulfide) groups is 1. The Morgan fingerprint density at radius 1 is 1.12 bits per heavy atom. The smallest absolute Gasteiger partial charge is 0.266 e. The molecule has 1 N–H and O–H groups in total. The highest BCUT2D eigenvalue weighted by atomic mass is 32.2. The topological polar surface area (TPSA) is 60.9 Å². The van der Waals surface area contributed by atoms with Crippen LogP contribution in [0.25, 0.3) is 6.08 Å². The van der Waals surface area contributed by atoms with E-state index in [9.17, 15) is 14.7 Å². The van der Waals surface area contributed by atoms with Gasteiger partial charge in [0.15, 0.2) is 0 Å². The van der Waals surface area contributed by atoms with Gasteiger partial charge in [-0.2, -0.15) is 0 Å². The summed E-state index contributed by atoms with van der Waals surface area (Å²) in [6.45, 7) is 2.66. The predicted octanol–water partition coefficient (Wildman–Crippen LogP) is 4.25. The first-order valence-corrected chi connectivity index (χ1v) is 11.6. The van der Waals surface area contributed by atoms with Crippen LogP contribution >= 0.6 is 24.0 Å². The van der Waals surface area contributed by atoms with Gasteiger partial charge >= 0.3 is 0 Å². The van der Waals surface area contributed by atoms with E-state index >= 15 is 0 Å². The minimum Gasteiger partial charge on any atom is -0.395 e. The van der Waals surface area contributed by atoms with Crippen molar-refractivity contribution in [3.63, 3.8) is 0 Å². The minimum absolute atomic E-state index is 0.116. The molecule has 2 aromatic rings. The summed E-state index contributed by atoms with van der Waals surface area (Å²) in [4.78, 5) is 29.4. The molecular formula is C25H26N2O3S2. The van der Waals surface area contributed by atoms with E-state index in [1.807, 2.05) is 79.7 Å². The van der Waals surface area contributed by atoms with Crippen LogP contribution in [0, 0.1) is 0 Å². The van der Waals surface area contributed by atoms with E-state index in [1.165, 1.54) is 16.7 Å². The van der Waals surface area contributed by atoms with Crippen LogP contribution in [0.5, 0.6) is 0 Å². The van der Waals surface area contributed by atoms with Crippen molar-refractivity contribution in [3.8, 4) is 0 Å². The summed E-state index contributed by atoms with van der Waals surface area (Å²) in [5, 5.41) is 9.36. The van der Waals surface area contributed by atoms with Crippen LogP contribution in [0.1, 0.15) is 24.5 Å². The SMILES string of the molecule is CC(/C=C/c1ccccc1)=C1/SC(=S)N(CCC(=O)N(CCO)Cc2ccccc2)C1=O. The highest BCUT2D eigenvalue weighted by Crippen LogP contribution is 2.34. The van der Waals surface area contributed by atoms with Gasteiger partial charge in [-0.1, -0.05) is 96.8 Å². The fourth-order valence-corrected chi connectivity index (χ4v) is 4.59. The van der Waals surface area contributed by atoms with Crippen molar-refractivity contribution in [1.82, 2.24) is 9.80 Å². The van der Waals surface area contributed by atoms with Gasteiger partial charge < -0.3 is 10.0 Å². The molecule has 7 heteroatoms. The predicted molar refractivity (Wildman–Crippen MR) is 134 cm³/mol. The molecule has 166 valence electrons. The summed E-state index contributed by atoms with van der Waals surface area (Å²) in [6.07, 6.45) is 4.02. The molecule has 0 atom stereocenters. The number of hydrogen-bond donors (Lipinski definition) is 1. The largest absolute Gasteiger partial charge is 0.395 e. The van der Waals surface area contributed by atoms with Gasteiger partial charge in [-0.3, -0.25) is 14.5 Å². The molecule has 0 aromatic heterocycles. The van der Waals surface area contributed by atoms with Crippen molar-refractivity contribution in [2.24, 2.45) is 0 Å². The molecule has 5 nitrogen and oxygen atoms in total. The first kappa shape index (κ1) is 23.9. The van der Waals surface area contributed by atoms with Gasteiger partial charge in [-0.05, 0) is 23.6 Å². The number of benzene rings is 2. The van der Waals surface area contributed by atoms with Crippen LogP contribution in [0.2, 0.25) is 0 Å². The third kappa shape index (κ3) is 6.38. The Bertz CT molecular complexity index is 1020. The average Bonchev–Trinajstić information content (AvgIpc) is 3.10. The number of thiocarbonyl (C=S) groups is 1. The number of allylic oxidation sites excluding steroid dienone is 2. The van der Waals surface area contributed by atoms with Crippen LogP contribution in [0.4, 0.5) is 0 Å². The normalized spacial score (nSPS) is 15.5. The fourth-order valence-electron chi connectivity index (χ4n) is 3.28. The summed E-state index contributed by atoms with van der Waals surface area (Å²) in [5.74, 6) is -0.290. The molecule has 0 radical (unpaired) electrons. The third-order valence-electron chi connectivity index (χ3n) is 5.02. The fraction of sp³-hybridized carbons (Fsp3) is 0.240. The van der Waals surface area contributed by atoms with Crippen molar-refractivity contribution < 1.29 is 14.7 Å². The zero-order valence-electron chi connectivity index (χ0n) is 17.9. The van der Waals surface area contributed by atoms with E-state index in [-0.39, 0.29) is 37.9 Å². The molecule has 0 bridgehead atoms. The molecule has 1 heterocycles. The van der Waals surface area contributed by atoms with E-state index in [4.69, 9.17) is 12.2 Å². The Morgan fingerprint density at radius 3 is 2.44 bits per heavy atom. The number of carbonyl (C=O) groups excluding carboxylic acids is 2. The zero-order valence-corrected chi connectivity index (χ0v) is 19.6. The standard InChI is InChI=1S/C25H26N2O3S2/c1-19(12-13-20-8-4-2-5-9-20)23-24(30)27(25(31)32-23)15-14-22(29)26(16-17-28)18-21-10-6-3-7-11-21/h2-13,28H,14-18H2,1H3/b13-12+,23-19-. The van der Waals surface area contributed by atoms with Crippen molar-refractivity contribution in [3.05, 3.63) is 88.3 Å². The van der Waals surface area contributed by atoms with Crippen LogP contribution in [-0.4, -0.2) is 50.7 Å². The Hall–Kier alpha value is -2.74. The summed E-state index contributed by atoms with van der Waals surface area (Å²) >= 11 is 6.68. The maximum atomic E-state index is 12.9. The molecular weight excluding hydrogens is 440 g/mol. The maximum Gasteiger partial charge on any atom is 0.266 e.